The van der Waals surface area contributed by atoms with Crippen molar-refractivity contribution in [1.82, 2.24) is 25.2 Å². The number of ether oxygens (including phenoxy) is 2. The summed E-state index contributed by atoms with van der Waals surface area (Å²) in [5.74, 6) is -0.978. The van der Waals surface area contributed by atoms with E-state index >= 15 is 4.39 Å². The first-order chi connectivity index (χ1) is 20.4. The molecule has 2 aromatic heterocycles. The average molecular weight is 595 g/mol. The van der Waals surface area contributed by atoms with Crippen molar-refractivity contribution < 1.29 is 23.0 Å². The second kappa shape index (κ2) is 11.7. The van der Waals surface area contributed by atoms with E-state index in [0.717, 1.165) is 6.54 Å². The Kier molecular flexibility index (Phi) is 7.89. The van der Waals surface area contributed by atoms with Gasteiger partial charge >= 0.3 is 6.01 Å². The van der Waals surface area contributed by atoms with Crippen molar-refractivity contribution in [3.63, 3.8) is 0 Å². The standard InChI is InChI=1S/C30H29ClF2N6O3/c1-38(18-10-12-39(16-18)23(40)9-7-19-14-34-11-13-42-19)29-21-15-35-27(26(33)28(21)36-30(37-29)41-2)20-5-3-4-17-6-8-22(32)25(31)24(17)20/h3-9,15,18-19,34H,10-14,16H2,1-2H3/b9-7+. The molecule has 2 aliphatic heterocycles. The molecule has 42 heavy (non-hydrogen) atoms. The van der Waals surface area contributed by atoms with Crippen molar-refractivity contribution in [2.45, 2.75) is 18.6 Å². The summed E-state index contributed by atoms with van der Waals surface area (Å²) in [7, 11) is 3.25. The Morgan fingerprint density at radius 3 is 2.90 bits per heavy atom. The quantitative estimate of drug-likeness (QED) is 0.329. The highest BCUT2D eigenvalue weighted by Crippen LogP contribution is 2.38. The molecule has 12 heteroatoms. The Hall–Kier alpha value is -3.93. The number of likely N-dealkylation sites (N-methyl/N-ethyl adjacent to an activating group) is 1. The van der Waals surface area contributed by atoms with Crippen LogP contribution in [0.3, 0.4) is 0 Å². The van der Waals surface area contributed by atoms with Crippen LogP contribution in [0.4, 0.5) is 14.6 Å². The molecule has 0 aliphatic carbocycles. The number of halogens is 3. The topological polar surface area (TPSA) is 92.7 Å². The Morgan fingerprint density at radius 1 is 1.26 bits per heavy atom. The second-order valence-electron chi connectivity index (χ2n) is 10.3. The highest BCUT2D eigenvalue weighted by atomic mass is 35.5. The molecule has 2 unspecified atom stereocenters. The first-order valence-electron chi connectivity index (χ1n) is 13.6. The minimum atomic E-state index is -0.705. The van der Waals surface area contributed by atoms with Crippen molar-refractivity contribution in [2.24, 2.45) is 0 Å². The molecule has 2 atom stereocenters. The summed E-state index contributed by atoms with van der Waals surface area (Å²) >= 11 is 6.31. The Bertz CT molecular complexity index is 1700. The number of hydrogen-bond donors (Lipinski definition) is 1. The lowest BCUT2D eigenvalue weighted by Crippen LogP contribution is -2.38. The zero-order chi connectivity index (χ0) is 29.4. The van der Waals surface area contributed by atoms with Crippen LogP contribution in [-0.4, -0.2) is 84.8 Å². The molecule has 218 valence electrons. The minimum absolute atomic E-state index is 0.00758. The molecule has 0 saturated carbocycles. The van der Waals surface area contributed by atoms with E-state index in [1.807, 2.05) is 11.9 Å². The van der Waals surface area contributed by atoms with Gasteiger partial charge in [-0.05, 0) is 23.9 Å². The fraction of sp³-hybridized carbons (Fsp3) is 0.333. The minimum Gasteiger partial charge on any atom is -0.467 e. The van der Waals surface area contributed by atoms with Crippen LogP contribution in [-0.2, 0) is 9.53 Å². The Balaban J connectivity index is 1.32. The molecule has 1 amide bonds. The number of fused-ring (bicyclic) bond motifs is 2. The number of methoxy groups -OCH3 is 1. The highest BCUT2D eigenvalue weighted by Gasteiger charge is 2.31. The lowest BCUT2D eigenvalue weighted by Gasteiger charge is -2.27. The Labute approximate surface area is 246 Å². The van der Waals surface area contributed by atoms with E-state index in [1.54, 1.807) is 41.3 Å². The number of anilines is 1. The fourth-order valence-electron chi connectivity index (χ4n) is 5.51. The molecule has 2 fully saturated rings. The summed E-state index contributed by atoms with van der Waals surface area (Å²) in [6.45, 7) is 3.12. The lowest BCUT2D eigenvalue weighted by molar-refractivity contribution is -0.125. The number of carbonyl (C=O) groups is 1. The maximum Gasteiger partial charge on any atom is 0.318 e. The van der Waals surface area contributed by atoms with Gasteiger partial charge in [0.2, 0.25) is 5.91 Å². The number of aromatic nitrogens is 3. The van der Waals surface area contributed by atoms with Gasteiger partial charge in [-0.1, -0.05) is 35.9 Å². The second-order valence-corrected chi connectivity index (χ2v) is 10.7. The van der Waals surface area contributed by atoms with E-state index in [4.69, 9.17) is 21.1 Å². The molecule has 0 radical (unpaired) electrons. The van der Waals surface area contributed by atoms with Crippen molar-refractivity contribution in [3.05, 3.63) is 65.3 Å². The third-order valence-corrected chi connectivity index (χ3v) is 8.15. The molecule has 6 rings (SSSR count). The number of likely N-dealkylation sites (tertiary alicyclic amines) is 1. The normalized spacial score (nSPS) is 19.2. The number of morpholine rings is 1. The summed E-state index contributed by atoms with van der Waals surface area (Å²) in [4.78, 5) is 29.8. The number of pyridine rings is 1. The Morgan fingerprint density at radius 2 is 2.12 bits per heavy atom. The summed E-state index contributed by atoms with van der Waals surface area (Å²) in [5.41, 5.74) is 0.334. The monoisotopic (exact) mass is 594 g/mol. The maximum absolute atomic E-state index is 16.2. The summed E-state index contributed by atoms with van der Waals surface area (Å²) in [6.07, 6.45) is 5.43. The number of nitrogens with one attached hydrogen (secondary N) is 1. The third-order valence-electron chi connectivity index (χ3n) is 7.78. The van der Waals surface area contributed by atoms with Crippen molar-refractivity contribution in [3.8, 4) is 17.3 Å². The van der Waals surface area contributed by atoms with Gasteiger partial charge in [0.05, 0.1) is 30.2 Å². The van der Waals surface area contributed by atoms with Crippen LogP contribution in [0.1, 0.15) is 6.42 Å². The van der Waals surface area contributed by atoms with Crippen LogP contribution in [0.2, 0.25) is 5.02 Å². The summed E-state index contributed by atoms with van der Waals surface area (Å²) in [5, 5.41) is 4.52. The molecule has 9 nitrogen and oxygen atoms in total. The van der Waals surface area contributed by atoms with Gasteiger partial charge in [-0.25, -0.2) is 8.78 Å². The zero-order valence-corrected chi connectivity index (χ0v) is 23.9. The average Bonchev–Trinajstić information content (AvgIpc) is 3.52. The van der Waals surface area contributed by atoms with Gasteiger partial charge in [-0.15, -0.1) is 0 Å². The first-order valence-corrected chi connectivity index (χ1v) is 14.0. The molecule has 0 spiro atoms. The third kappa shape index (κ3) is 5.23. The highest BCUT2D eigenvalue weighted by molar-refractivity contribution is 6.36. The summed E-state index contributed by atoms with van der Waals surface area (Å²) < 4.78 is 41.6. The first kappa shape index (κ1) is 28.2. The van der Waals surface area contributed by atoms with E-state index in [9.17, 15) is 9.18 Å². The molecule has 2 saturated heterocycles. The molecular formula is C30H29ClF2N6O3. The fourth-order valence-corrected chi connectivity index (χ4v) is 5.79. The van der Waals surface area contributed by atoms with Crippen molar-refractivity contribution >= 4 is 45.0 Å². The van der Waals surface area contributed by atoms with E-state index in [1.165, 1.54) is 19.4 Å². The van der Waals surface area contributed by atoms with Gasteiger partial charge in [0.25, 0.3) is 0 Å². The van der Waals surface area contributed by atoms with Crippen LogP contribution >= 0.6 is 11.6 Å². The van der Waals surface area contributed by atoms with Gasteiger partial charge < -0.3 is 24.6 Å². The van der Waals surface area contributed by atoms with E-state index in [0.29, 0.717) is 60.2 Å². The number of nitrogens with zero attached hydrogens (tertiary/aromatic N) is 5. The number of rotatable bonds is 6. The smallest absolute Gasteiger partial charge is 0.318 e. The van der Waals surface area contributed by atoms with Crippen LogP contribution in [0, 0.1) is 11.6 Å². The van der Waals surface area contributed by atoms with Gasteiger partial charge in [0, 0.05) is 62.5 Å². The molecule has 1 N–H and O–H groups in total. The van der Waals surface area contributed by atoms with Gasteiger partial charge in [-0.3, -0.25) is 9.78 Å². The van der Waals surface area contributed by atoms with E-state index in [-0.39, 0.29) is 40.3 Å². The lowest BCUT2D eigenvalue weighted by atomic mass is 10.0. The van der Waals surface area contributed by atoms with Crippen molar-refractivity contribution in [1.29, 1.82) is 0 Å². The van der Waals surface area contributed by atoms with E-state index in [2.05, 4.69) is 20.3 Å². The van der Waals surface area contributed by atoms with Crippen LogP contribution < -0.4 is 15.0 Å². The largest absolute Gasteiger partial charge is 0.467 e. The molecule has 2 aliphatic rings. The van der Waals surface area contributed by atoms with Crippen LogP contribution in [0.5, 0.6) is 6.01 Å². The van der Waals surface area contributed by atoms with Gasteiger partial charge in [0.1, 0.15) is 22.8 Å². The number of carbonyl (C=O) groups excluding carboxylic acids is 1. The number of amides is 1. The SMILES string of the molecule is COc1nc(N(C)C2CCN(C(=O)/C=C/C3CNCCO3)C2)c2cnc(-c3cccc4ccc(F)c(Cl)c34)c(F)c2n1. The molecular weight excluding hydrogens is 566 g/mol. The summed E-state index contributed by atoms with van der Waals surface area (Å²) in [6, 6.07) is 7.91. The molecule has 2 aromatic carbocycles. The predicted molar refractivity (Wildman–Crippen MR) is 157 cm³/mol. The zero-order valence-electron chi connectivity index (χ0n) is 23.1. The van der Waals surface area contributed by atoms with Crippen LogP contribution in [0.25, 0.3) is 32.9 Å². The maximum atomic E-state index is 16.2. The van der Waals surface area contributed by atoms with Gasteiger partial charge in [-0.2, -0.15) is 9.97 Å². The number of benzene rings is 2. The molecule has 0 bridgehead atoms. The van der Waals surface area contributed by atoms with E-state index < -0.39 is 11.6 Å². The van der Waals surface area contributed by atoms with Crippen molar-refractivity contribution in [2.75, 3.05) is 51.8 Å². The van der Waals surface area contributed by atoms with Gasteiger partial charge in [0.15, 0.2) is 5.82 Å². The predicted octanol–water partition coefficient (Wildman–Crippen LogP) is 4.37. The molecule has 4 heterocycles. The van der Waals surface area contributed by atoms with Crippen LogP contribution in [0.15, 0.2) is 48.7 Å². The number of hydrogen-bond acceptors (Lipinski definition) is 8. The molecule has 4 aromatic rings.